The number of carboxylic acids is 2. The van der Waals surface area contributed by atoms with Crippen molar-refractivity contribution in [1.29, 1.82) is 0 Å². The fourth-order valence-corrected chi connectivity index (χ4v) is 1.37. The number of hydroxylamine groups is 2. The van der Waals surface area contributed by atoms with Crippen molar-refractivity contribution in [1.82, 2.24) is 5.23 Å². The molecule has 0 fully saturated rings. The molecule has 0 amide bonds. The smallest absolute Gasteiger partial charge is 0.325 e. The summed E-state index contributed by atoms with van der Waals surface area (Å²) in [4.78, 5) is 20.4. The van der Waals surface area contributed by atoms with Crippen LogP contribution in [-0.2, 0) is 9.59 Å². The average molecular weight is 309 g/mol. The van der Waals surface area contributed by atoms with Crippen LogP contribution < -0.4 is 11.5 Å². The second kappa shape index (κ2) is 13.7. The lowest BCUT2D eigenvalue weighted by molar-refractivity contribution is -0.328. The maximum atomic E-state index is 10.3. The molecule has 0 aliphatic rings. The Bertz CT molecular complexity index is 288. The lowest BCUT2D eigenvalue weighted by atomic mass is 10.1. The highest BCUT2D eigenvalue weighted by Gasteiger charge is 2.22. The Morgan fingerprint density at radius 1 is 1.05 bits per heavy atom. The zero-order chi connectivity index (χ0) is 16.8. The van der Waals surface area contributed by atoms with Gasteiger partial charge in [0, 0.05) is 0 Å². The molecule has 0 aromatic heterocycles. The molecule has 9 heteroatoms. The van der Waals surface area contributed by atoms with Gasteiger partial charge in [-0.25, -0.2) is 0 Å². The van der Waals surface area contributed by atoms with Gasteiger partial charge in [0.25, 0.3) is 0 Å². The number of hydrogen-bond acceptors (Lipinski definition) is 7. The van der Waals surface area contributed by atoms with Gasteiger partial charge in [0.1, 0.15) is 6.04 Å². The maximum absolute atomic E-state index is 10.3. The Kier molecular flexibility index (Phi) is 14.4. The van der Waals surface area contributed by atoms with Crippen LogP contribution in [0, 0.1) is 0 Å². The third kappa shape index (κ3) is 13.5. The molecule has 0 radical (unpaired) electrons. The molecular formula is C12H27N3O6. The minimum atomic E-state index is -1.25. The minimum Gasteiger partial charge on any atom is -0.480 e. The van der Waals surface area contributed by atoms with E-state index >= 15 is 0 Å². The molecule has 0 heterocycles. The van der Waals surface area contributed by atoms with Gasteiger partial charge in [0.15, 0.2) is 6.04 Å². The lowest BCUT2D eigenvalue weighted by Gasteiger charge is -2.15. The number of nitrogens with zero attached hydrogens (tertiary/aromatic N) is 1. The zero-order valence-corrected chi connectivity index (χ0v) is 12.3. The fourth-order valence-electron chi connectivity index (χ4n) is 1.37. The Labute approximate surface area is 124 Å². The van der Waals surface area contributed by atoms with Crippen LogP contribution in [0.4, 0.5) is 0 Å². The number of unbranched alkanes of at least 4 members (excludes halogenated alkanes) is 2. The maximum Gasteiger partial charge on any atom is 0.325 e. The van der Waals surface area contributed by atoms with E-state index in [1.165, 1.54) is 0 Å². The van der Waals surface area contributed by atoms with Gasteiger partial charge in [0.05, 0.1) is 0 Å². The second-order valence-corrected chi connectivity index (χ2v) is 4.55. The van der Waals surface area contributed by atoms with E-state index in [1.807, 2.05) is 6.92 Å². The molecule has 9 nitrogen and oxygen atoms in total. The van der Waals surface area contributed by atoms with E-state index in [0.29, 0.717) is 25.8 Å². The number of nitrogens with two attached hydrogens (primary N) is 2. The van der Waals surface area contributed by atoms with Crippen LogP contribution in [-0.4, -0.2) is 56.4 Å². The number of aliphatic carboxylic acids is 2. The molecular weight excluding hydrogens is 282 g/mol. The van der Waals surface area contributed by atoms with Gasteiger partial charge < -0.3 is 21.7 Å². The summed E-state index contributed by atoms with van der Waals surface area (Å²) in [7, 11) is 0. The van der Waals surface area contributed by atoms with Crippen LogP contribution >= 0.6 is 0 Å². The van der Waals surface area contributed by atoms with E-state index in [2.05, 4.69) is 0 Å². The molecule has 0 aromatic carbocycles. The second-order valence-electron chi connectivity index (χ2n) is 4.55. The zero-order valence-electron chi connectivity index (χ0n) is 12.3. The van der Waals surface area contributed by atoms with Crippen LogP contribution in [0.15, 0.2) is 0 Å². The summed E-state index contributed by atoms with van der Waals surface area (Å²) in [5.41, 5.74) is 10.4. The SMILES string of the molecule is CCCCC(N)C(=O)O.NCCCCC(C(=O)O)N(O)O. The molecule has 0 bridgehead atoms. The Balaban J connectivity index is 0. The van der Waals surface area contributed by atoms with Crippen molar-refractivity contribution < 1.29 is 30.2 Å². The quantitative estimate of drug-likeness (QED) is 0.244. The number of hydrogen-bond donors (Lipinski definition) is 6. The molecule has 0 spiro atoms. The summed E-state index contributed by atoms with van der Waals surface area (Å²) in [6, 6.07) is -1.92. The van der Waals surface area contributed by atoms with E-state index < -0.39 is 24.0 Å². The third-order valence-electron chi connectivity index (χ3n) is 2.68. The van der Waals surface area contributed by atoms with E-state index in [1.54, 1.807) is 0 Å². The van der Waals surface area contributed by atoms with Gasteiger partial charge in [-0.2, -0.15) is 0 Å². The van der Waals surface area contributed by atoms with Gasteiger partial charge in [-0.05, 0) is 32.2 Å². The van der Waals surface area contributed by atoms with Crippen LogP contribution in [0.25, 0.3) is 0 Å². The number of carboxylic acid groups (broad SMARTS) is 2. The van der Waals surface area contributed by atoms with Crippen molar-refractivity contribution in [3.8, 4) is 0 Å². The standard InChI is InChI=1S/C6H14N2O4.C6H13NO2/c7-4-2-1-3-5(6(9)10)8(11)12;1-2-3-4-5(7)6(8)9/h5,11-12H,1-4,7H2,(H,9,10);5H,2-4,7H2,1H3,(H,8,9). The van der Waals surface area contributed by atoms with E-state index in [-0.39, 0.29) is 11.6 Å². The molecule has 2 atom stereocenters. The molecule has 0 aliphatic heterocycles. The number of carbonyl (C=O) groups is 2. The summed E-state index contributed by atoms with van der Waals surface area (Å²) < 4.78 is 0. The summed E-state index contributed by atoms with van der Waals surface area (Å²) >= 11 is 0. The predicted octanol–water partition coefficient (Wildman–Crippen LogP) is 0.238. The van der Waals surface area contributed by atoms with Crippen molar-refractivity contribution >= 4 is 11.9 Å². The van der Waals surface area contributed by atoms with Crippen LogP contribution in [0.2, 0.25) is 0 Å². The van der Waals surface area contributed by atoms with Crippen molar-refractivity contribution in [2.75, 3.05) is 6.54 Å². The molecule has 8 N–H and O–H groups in total. The first-order chi connectivity index (χ1) is 9.77. The highest BCUT2D eigenvalue weighted by atomic mass is 16.8. The van der Waals surface area contributed by atoms with Gasteiger partial charge >= 0.3 is 11.9 Å². The van der Waals surface area contributed by atoms with E-state index in [9.17, 15) is 9.59 Å². The van der Waals surface area contributed by atoms with Gasteiger partial charge in [-0.3, -0.25) is 20.0 Å². The van der Waals surface area contributed by atoms with Gasteiger partial charge in [-0.15, -0.1) is 0 Å². The molecule has 126 valence electrons. The van der Waals surface area contributed by atoms with Crippen molar-refractivity contribution in [2.24, 2.45) is 11.5 Å². The third-order valence-corrected chi connectivity index (χ3v) is 2.68. The van der Waals surface area contributed by atoms with Crippen LogP contribution in [0.5, 0.6) is 0 Å². The molecule has 21 heavy (non-hydrogen) atoms. The molecule has 0 saturated heterocycles. The molecule has 2 unspecified atom stereocenters. The normalized spacial score (nSPS) is 13.2. The highest BCUT2D eigenvalue weighted by Crippen LogP contribution is 2.04. The first-order valence-electron chi connectivity index (χ1n) is 6.86. The summed E-state index contributed by atoms with van der Waals surface area (Å²) in [6.45, 7) is 2.48. The van der Waals surface area contributed by atoms with Crippen LogP contribution in [0.3, 0.4) is 0 Å². The van der Waals surface area contributed by atoms with Crippen molar-refractivity contribution in [3.05, 3.63) is 0 Å². The van der Waals surface area contributed by atoms with E-state index in [0.717, 1.165) is 12.8 Å². The number of rotatable bonds is 10. The molecule has 0 aliphatic carbocycles. The van der Waals surface area contributed by atoms with Crippen molar-refractivity contribution in [2.45, 2.75) is 57.5 Å². The predicted molar refractivity (Wildman–Crippen MR) is 74.9 cm³/mol. The lowest BCUT2D eigenvalue weighted by Crippen LogP contribution is -2.36. The van der Waals surface area contributed by atoms with E-state index in [4.69, 9.17) is 32.1 Å². The largest absolute Gasteiger partial charge is 0.480 e. The Morgan fingerprint density at radius 3 is 1.95 bits per heavy atom. The average Bonchev–Trinajstić information content (AvgIpc) is 2.40. The van der Waals surface area contributed by atoms with Gasteiger partial charge in [0.2, 0.25) is 0 Å². The highest BCUT2D eigenvalue weighted by molar-refractivity contribution is 5.73. The summed E-state index contributed by atoms with van der Waals surface area (Å²) in [5, 5.41) is 33.4. The first kappa shape index (κ1) is 22.0. The summed E-state index contributed by atoms with van der Waals surface area (Å²) in [5.74, 6) is -2.15. The monoisotopic (exact) mass is 309 g/mol. The molecule has 0 rings (SSSR count). The minimum absolute atomic E-state index is 0.180. The molecule has 0 saturated carbocycles. The fraction of sp³-hybridized carbons (Fsp3) is 0.833. The Morgan fingerprint density at radius 2 is 1.62 bits per heavy atom. The van der Waals surface area contributed by atoms with Gasteiger partial charge in [-0.1, -0.05) is 25.0 Å². The van der Waals surface area contributed by atoms with Crippen LogP contribution in [0.1, 0.15) is 45.4 Å². The Hall–Kier alpha value is -1.26. The summed E-state index contributed by atoms with van der Waals surface area (Å²) in [6.07, 6.45) is 3.91. The van der Waals surface area contributed by atoms with Crippen molar-refractivity contribution in [3.63, 3.8) is 0 Å². The molecule has 0 aromatic rings. The topological polar surface area (TPSA) is 170 Å². The first-order valence-corrected chi connectivity index (χ1v) is 6.86.